The molecule has 0 aliphatic rings. The van der Waals surface area contributed by atoms with Gasteiger partial charge in [-0.15, -0.1) is 11.3 Å². The third-order valence-corrected chi connectivity index (χ3v) is 4.27. The van der Waals surface area contributed by atoms with Gasteiger partial charge in [0.15, 0.2) is 0 Å². The Hall–Kier alpha value is -1.20. The first kappa shape index (κ1) is 14.2. The quantitative estimate of drug-likeness (QED) is 0.791. The van der Waals surface area contributed by atoms with E-state index in [9.17, 15) is 4.79 Å². The van der Waals surface area contributed by atoms with Gasteiger partial charge in [0.2, 0.25) is 0 Å². The van der Waals surface area contributed by atoms with Gasteiger partial charge < -0.3 is 4.74 Å². The molecule has 2 aromatic heterocycles. The minimum Gasteiger partial charge on any atom is -0.379 e. The lowest BCUT2D eigenvalue weighted by molar-refractivity contribution is 0.0747. The third kappa shape index (κ3) is 3.04. The van der Waals surface area contributed by atoms with Crippen LogP contribution in [0.5, 0.6) is 0 Å². The molecule has 19 heavy (non-hydrogen) atoms. The van der Waals surface area contributed by atoms with Crippen molar-refractivity contribution in [2.75, 3.05) is 6.61 Å². The van der Waals surface area contributed by atoms with Crippen LogP contribution in [-0.2, 0) is 11.3 Å². The van der Waals surface area contributed by atoms with E-state index in [-0.39, 0.29) is 11.7 Å². The molecule has 2 heterocycles. The Morgan fingerprint density at radius 1 is 1.42 bits per heavy atom. The van der Waals surface area contributed by atoms with Crippen molar-refractivity contribution in [3.05, 3.63) is 27.1 Å². The van der Waals surface area contributed by atoms with Crippen molar-refractivity contribution in [3.63, 3.8) is 0 Å². The number of rotatable bonds is 5. The normalized spacial score (nSPS) is 11.6. The SMILES string of the molecule is Cc1sc2ncn(CCCOC(C)C)c(=O)c2c1C. The maximum Gasteiger partial charge on any atom is 0.262 e. The van der Waals surface area contributed by atoms with Crippen LogP contribution in [-0.4, -0.2) is 22.3 Å². The fourth-order valence-electron chi connectivity index (χ4n) is 1.98. The van der Waals surface area contributed by atoms with Gasteiger partial charge in [-0.05, 0) is 39.7 Å². The van der Waals surface area contributed by atoms with E-state index in [1.165, 1.54) is 4.88 Å². The van der Waals surface area contributed by atoms with Gasteiger partial charge in [0.1, 0.15) is 4.83 Å². The maximum absolute atomic E-state index is 12.4. The molecule has 0 unspecified atom stereocenters. The van der Waals surface area contributed by atoms with Gasteiger partial charge in [0.05, 0.1) is 17.8 Å². The zero-order chi connectivity index (χ0) is 14.0. The molecule has 2 rings (SSSR count). The number of fused-ring (bicyclic) bond motifs is 1. The molecule has 0 saturated carbocycles. The van der Waals surface area contributed by atoms with E-state index < -0.39 is 0 Å². The van der Waals surface area contributed by atoms with Crippen LogP contribution in [0.15, 0.2) is 11.1 Å². The first-order chi connectivity index (χ1) is 9.00. The van der Waals surface area contributed by atoms with Crippen molar-refractivity contribution in [1.29, 1.82) is 0 Å². The summed E-state index contributed by atoms with van der Waals surface area (Å²) in [6.45, 7) is 9.37. The van der Waals surface area contributed by atoms with Crippen LogP contribution in [0, 0.1) is 13.8 Å². The fraction of sp³-hybridized carbons (Fsp3) is 0.571. The standard InChI is InChI=1S/C14H20N2O2S/c1-9(2)18-7-5-6-16-8-15-13-12(14(16)17)10(3)11(4)19-13/h8-9H,5-7H2,1-4H3. The third-order valence-electron chi connectivity index (χ3n) is 3.15. The van der Waals surface area contributed by atoms with Gasteiger partial charge in [-0.3, -0.25) is 9.36 Å². The molecule has 0 saturated heterocycles. The van der Waals surface area contributed by atoms with Crippen LogP contribution >= 0.6 is 11.3 Å². The number of hydrogen-bond donors (Lipinski definition) is 0. The average molecular weight is 280 g/mol. The van der Waals surface area contributed by atoms with Crippen LogP contribution in [0.25, 0.3) is 10.2 Å². The highest BCUT2D eigenvalue weighted by atomic mass is 32.1. The molecule has 0 aliphatic carbocycles. The van der Waals surface area contributed by atoms with Crippen LogP contribution in [0.3, 0.4) is 0 Å². The van der Waals surface area contributed by atoms with E-state index in [1.807, 2.05) is 27.7 Å². The molecule has 104 valence electrons. The van der Waals surface area contributed by atoms with E-state index in [0.717, 1.165) is 22.2 Å². The molecule has 5 heteroatoms. The number of hydrogen-bond acceptors (Lipinski definition) is 4. The largest absolute Gasteiger partial charge is 0.379 e. The second kappa shape index (κ2) is 5.84. The van der Waals surface area contributed by atoms with Crippen molar-refractivity contribution in [2.45, 2.75) is 46.8 Å². The molecule has 0 fully saturated rings. The van der Waals surface area contributed by atoms with E-state index in [4.69, 9.17) is 4.74 Å². The fourth-order valence-corrected chi connectivity index (χ4v) is 2.97. The Bertz CT molecular complexity index is 628. The van der Waals surface area contributed by atoms with Crippen molar-refractivity contribution in [3.8, 4) is 0 Å². The van der Waals surface area contributed by atoms with Crippen LogP contribution in [0.2, 0.25) is 0 Å². The maximum atomic E-state index is 12.4. The highest BCUT2D eigenvalue weighted by Gasteiger charge is 2.11. The van der Waals surface area contributed by atoms with Crippen LogP contribution in [0.1, 0.15) is 30.7 Å². The predicted molar refractivity (Wildman–Crippen MR) is 79.1 cm³/mol. The molecule has 0 amide bonds. The molecule has 0 radical (unpaired) electrons. The predicted octanol–water partition coefficient (Wildman–Crippen LogP) is 2.89. The molecule has 0 spiro atoms. The van der Waals surface area contributed by atoms with E-state index in [1.54, 1.807) is 22.2 Å². The van der Waals surface area contributed by atoms with Crippen LogP contribution < -0.4 is 5.56 Å². The summed E-state index contributed by atoms with van der Waals surface area (Å²) in [6.07, 6.45) is 2.71. The Kier molecular flexibility index (Phi) is 4.37. The van der Waals surface area contributed by atoms with Crippen molar-refractivity contribution in [1.82, 2.24) is 9.55 Å². The molecule has 0 bridgehead atoms. The smallest absolute Gasteiger partial charge is 0.262 e. The lowest BCUT2D eigenvalue weighted by Gasteiger charge is -2.08. The Morgan fingerprint density at radius 2 is 2.16 bits per heavy atom. The van der Waals surface area contributed by atoms with Gasteiger partial charge in [0, 0.05) is 18.0 Å². The number of aromatic nitrogens is 2. The van der Waals surface area contributed by atoms with Crippen LogP contribution in [0.4, 0.5) is 0 Å². The lowest BCUT2D eigenvalue weighted by Crippen LogP contribution is -2.21. The second-order valence-corrected chi connectivity index (χ2v) is 6.18. The summed E-state index contributed by atoms with van der Waals surface area (Å²) >= 11 is 1.58. The minimum atomic E-state index is 0.0661. The monoisotopic (exact) mass is 280 g/mol. The number of thiophene rings is 1. The van der Waals surface area contributed by atoms with Gasteiger partial charge in [-0.25, -0.2) is 4.98 Å². The van der Waals surface area contributed by atoms with Crippen molar-refractivity contribution < 1.29 is 4.74 Å². The molecule has 0 atom stereocenters. The number of ether oxygens (including phenoxy) is 1. The second-order valence-electron chi connectivity index (χ2n) is 4.98. The molecule has 2 aromatic rings. The number of nitrogens with zero attached hydrogens (tertiary/aromatic N) is 2. The highest BCUT2D eigenvalue weighted by molar-refractivity contribution is 7.18. The summed E-state index contributed by atoms with van der Waals surface area (Å²) in [5.41, 5.74) is 1.13. The number of aryl methyl sites for hydroxylation is 3. The Morgan fingerprint density at radius 3 is 2.84 bits per heavy atom. The summed E-state index contributed by atoms with van der Waals surface area (Å²) in [5.74, 6) is 0. The Balaban J connectivity index is 2.18. The first-order valence-electron chi connectivity index (χ1n) is 6.57. The molecular weight excluding hydrogens is 260 g/mol. The summed E-state index contributed by atoms with van der Waals surface area (Å²) < 4.78 is 7.17. The zero-order valence-electron chi connectivity index (χ0n) is 11.9. The van der Waals surface area contributed by atoms with E-state index >= 15 is 0 Å². The zero-order valence-corrected chi connectivity index (χ0v) is 12.7. The topological polar surface area (TPSA) is 44.1 Å². The van der Waals surface area contributed by atoms with Gasteiger partial charge in [0.25, 0.3) is 5.56 Å². The summed E-state index contributed by atoms with van der Waals surface area (Å²) in [4.78, 5) is 18.8. The lowest BCUT2D eigenvalue weighted by atomic mass is 10.2. The van der Waals surface area contributed by atoms with Crippen molar-refractivity contribution >= 4 is 21.6 Å². The summed E-state index contributed by atoms with van der Waals surface area (Å²) in [5, 5.41) is 0.773. The molecule has 0 N–H and O–H groups in total. The van der Waals surface area contributed by atoms with Gasteiger partial charge in [-0.1, -0.05) is 0 Å². The average Bonchev–Trinajstić information content (AvgIpc) is 2.64. The molecule has 4 nitrogen and oxygen atoms in total. The summed E-state index contributed by atoms with van der Waals surface area (Å²) in [6, 6.07) is 0. The molecule has 0 aromatic carbocycles. The summed E-state index contributed by atoms with van der Waals surface area (Å²) in [7, 11) is 0. The molecule has 0 aliphatic heterocycles. The van der Waals surface area contributed by atoms with Gasteiger partial charge in [-0.2, -0.15) is 0 Å². The van der Waals surface area contributed by atoms with Gasteiger partial charge >= 0.3 is 0 Å². The Labute approximate surface area is 117 Å². The highest BCUT2D eigenvalue weighted by Crippen LogP contribution is 2.25. The minimum absolute atomic E-state index is 0.0661. The van der Waals surface area contributed by atoms with E-state index in [0.29, 0.717) is 13.2 Å². The first-order valence-corrected chi connectivity index (χ1v) is 7.39. The van der Waals surface area contributed by atoms with Crippen molar-refractivity contribution in [2.24, 2.45) is 0 Å². The molecular formula is C14H20N2O2S. The van der Waals surface area contributed by atoms with E-state index in [2.05, 4.69) is 4.98 Å².